The Morgan fingerprint density at radius 2 is 2.12 bits per heavy atom. The van der Waals surface area contributed by atoms with Crippen molar-refractivity contribution >= 4 is 28.6 Å². The van der Waals surface area contributed by atoms with Gasteiger partial charge in [-0.25, -0.2) is 15.0 Å². The Bertz CT molecular complexity index is 860. The number of nitrogens with one attached hydrogen (secondary N) is 2. The number of amides is 1. The van der Waals surface area contributed by atoms with Crippen molar-refractivity contribution in [2.24, 2.45) is 0 Å². The van der Waals surface area contributed by atoms with Crippen molar-refractivity contribution in [1.82, 2.24) is 29.7 Å². The van der Waals surface area contributed by atoms with Crippen molar-refractivity contribution in [1.29, 1.82) is 0 Å². The zero-order valence-electron chi connectivity index (χ0n) is 14.1. The van der Waals surface area contributed by atoms with E-state index < -0.39 is 0 Å². The lowest BCUT2D eigenvalue weighted by Crippen LogP contribution is -2.30. The van der Waals surface area contributed by atoms with Crippen LogP contribution in [0, 0.1) is 0 Å². The highest BCUT2D eigenvalue weighted by molar-refractivity contribution is 5.95. The first-order chi connectivity index (χ1) is 11.3. The van der Waals surface area contributed by atoms with E-state index in [1.807, 2.05) is 31.6 Å². The van der Waals surface area contributed by atoms with E-state index in [-0.39, 0.29) is 18.0 Å². The quantitative estimate of drug-likeness (QED) is 0.750. The van der Waals surface area contributed by atoms with Gasteiger partial charge >= 0.3 is 0 Å². The molecule has 126 valence electrons. The molecule has 3 aromatic rings. The summed E-state index contributed by atoms with van der Waals surface area (Å²) in [6.07, 6.45) is 6.44. The smallest absolute Gasteiger partial charge is 0.244 e. The lowest BCUT2D eigenvalue weighted by atomic mass is 10.1. The summed E-state index contributed by atoms with van der Waals surface area (Å²) in [6, 6.07) is 0. The van der Waals surface area contributed by atoms with Gasteiger partial charge < -0.3 is 15.2 Å². The topological polar surface area (TPSA) is 105 Å². The predicted molar refractivity (Wildman–Crippen MR) is 90.8 cm³/mol. The average molecular weight is 328 g/mol. The van der Waals surface area contributed by atoms with Crippen LogP contribution in [0.3, 0.4) is 0 Å². The van der Waals surface area contributed by atoms with E-state index in [2.05, 4.69) is 30.4 Å². The van der Waals surface area contributed by atoms with Crippen molar-refractivity contribution in [2.45, 2.75) is 26.3 Å². The second-order valence-electron chi connectivity index (χ2n) is 6.55. The fourth-order valence-electron chi connectivity index (χ4n) is 2.29. The number of imidazole rings is 1. The summed E-state index contributed by atoms with van der Waals surface area (Å²) in [5.41, 5.74) is 1.80. The second-order valence-corrected chi connectivity index (χ2v) is 6.55. The van der Waals surface area contributed by atoms with Gasteiger partial charge in [-0.1, -0.05) is 0 Å². The van der Waals surface area contributed by atoms with Gasteiger partial charge in [0.1, 0.15) is 11.8 Å². The predicted octanol–water partition coefficient (Wildman–Crippen LogP) is 1.38. The summed E-state index contributed by atoms with van der Waals surface area (Å²) in [7, 11) is 1.79. The minimum absolute atomic E-state index is 0.132. The third kappa shape index (κ3) is 3.19. The van der Waals surface area contributed by atoms with Gasteiger partial charge in [0, 0.05) is 13.2 Å². The number of nitrogens with zero attached hydrogens (tertiary/aromatic N) is 6. The molecule has 0 aliphatic rings. The molecule has 0 unspecified atom stereocenters. The minimum atomic E-state index is -0.155. The van der Waals surface area contributed by atoms with E-state index in [4.69, 9.17) is 0 Å². The van der Waals surface area contributed by atoms with Crippen LogP contribution in [0.25, 0.3) is 11.2 Å². The van der Waals surface area contributed by atoms with Crippen molar-refractivity contribution in [2.75, 3.05) is 23.8 Å². The van der Waals surface area contributed by atoms with Gasteiger partial charge in [0.05, 0.1) is 30.3 Å². The Morgan fingerprint density at radius 3 is 2.83 bits per heavy atom. The largest absolute Gasteiger partial charge is 0.348 e. The zero-order valence-corrected chi connectivity index (χ0v) is 14.1. The monoisotopic (exact) mass is 328 g/mol. The summed E-state index contributed by atoms with van der Waals surface area (Å²) in [4.78, 5) is 29.4. The van der Waals surface area contributed by atoms with Crippen LogP contribution < -0.4 is 10.2 Å². The molecule has 0 saturated heterocycles. The number of rotatable bonds is 4. The Balaban J connectivity index is 1.68. The fourth-order valence-corrected chi connectivity index (χ4v) is 2.29. The van der Waals surface area contributed by atoms with Crippen LogP contribution in [-0.2, 0) is 10.3 Å². The first-order valence-electron chi connectivity index (χ1n) is 7.55. The van der Waals surface area contributed by atoms with E-state index >= 15 is 0 Å². The van der Waals surface area contributed by atoms with Crippen LogP contribution in [0.4, 0.5) is 11.5 Å². The van der Waals surface area contributed by atoms with Gasteiger partial charge in [-0.05, 0) is 20.8 Å². The number of carbonyl (C=O) groups is 1. The molecule has 0 aliphatic carbocycles. The first-order valence-corrected chi connectivity index (χ1v) is 7.55. The normalized spacial score (nSPS) is 11.7. The molecule has 3 heterocycles. The molecule has 0 saturated carbocycles. The molecule has 0 fully saturated rings. The van der Waals surface area contributed by atoms with E-state index in [0.717, 1.165) is 0 Å². The van der Waals surface area contributed by atoms with Crippen LogP contribution >= 0.6 is 0 Å². The number of H-pyrrole nitrogens is 1. The van der Waals surface area contributed by atoms with Crippen LogP contribution in [0.15, 0.2) is 25.0 Å². The van der Waals surface area contributed by atoms with E-state index in [9.17, 15) is 4.79 Å². The molecule has 2 N–H and O–H groups in total. The zero-order chi connectivity index (χ0) is 17.3. The number of hydrogen-bond donors (Lipinski definition) is 2. The van der Waals surface area contributed by atoms with Gasteiger partial charge in [0.15, 0.2) is 11.5 Å². The van der Waals surface area contributed by atoms with Crippen LogP contribution in [0.2, 0.25) is 0 Å². The molecule has 0 aliphatic heterocycles. The van der Waals surface area contributed by atoms with Crippen molar-refractivity contribution in [3.8, 4) is 0 Å². The van der Waals surface area contributed by atoms with Crippen molar-refractivity contribution in [3.63, 3.8) is 0 Å². The van der Waals surface area contributed by atoms with E-state index in [1.54, 1.807) is 24.5 Å². The highest BCUT2D eigenvalue weighted by Gasteiger charge is 2.16. The first kappa shape index (κ1) is 15.9. The number of aromatic nitrogens is 6. The molecule has 0 bridgehead atoms. The number of carbonyl (C=O) groups excluding carboxylic acids is 1. The molecule has 0 radical (unpaired) electrons. The molecule has 0 aromatic carbocycles. The number of fused-ring (bicyclic) bond motifs is 1. The molecule has 9 heteroatoms. The maximum Gasteiger partial charge on any atom is 0.244 e. The van der Waals surface area contributed by atoms with E-state index in [0.29, 0.717) is 22.7 Å². The van der Waals surface area contributed by atoms with Crippen LogP contribution in [0.5, 0.6) is 0 Å². The second kappa shape index (κ2) is 5.91. The standard InChI is InChI=1S/C15H20N8O/c1-15(2,3)23-6-10(5-20-23)21-11(24)7-22(4)14-12-13(17-8-16-12)18-9-19-14/h5-6,8-9H,7H2,1-4H3,(H,21,24)(H,16,17,18,19). The third-order valence-electron chi connectivity index (χ3n) is 3.50. The Labute approximate surface area is 139 Å². The fraction of sp³-hybridized carbons (Fsp3) is 0.400. The highest BCUT2D eigenvalue weighted by Crippen LogP contribution is 2.19. The molecular formula is C15H20N8O. The summed E-state index contributed by atoms with van der Waals surface area (Å²) in [5.74, 6) is 0.468. The van der Waals surface area contributed by atoms with Gasteiger partial charge in [-0.2, -0.15) is 5.10 Å². The molecule has 1 amide bonds. The Morgan fingerprint density at radius 1 is 1.33 bits per heavy atom. The maximum absolute atomic E-state index is 12.3. The third-order valence-corrected chi connectivity index (χ3v) is 3.50. The number of likely N-dealkylation sites (N-methyl/N-ethyl adjacent to an activating group) is 1. The molecule has 9 nitrogen and oxygen atoms in total. The average Bonchev–Trinajstić information content (AvgIpc) is 3.14. The Kier molecular flexibility index (Phi) is 3.92. The van der Waals surface area contributed by atoms with E-state index in [1.165, 1.54) is 6.33 Å². The van der Waals surface area contributed by atoms with Gasteiger partial charge in [-0.15, -0.1) is 0 Å². The minimum Gasteiger partial charge on any atom is -0.348 e. The lowest BCUT2D eigenvalue weighted by molar-refractivity contribution is -0.114. The van der Waals surface area contributed by atoms with Gasteiger partial charge in [-0.3, -0.25) is 9.48 Å². The van der Waals surface area contributed by atoms with Gasteiger partial charge in [0.2, 0.25) is 5.91 Å². The maximum atomic E-state index is 12.3. The Hall–Kier alpha value is -2.97. The molecule has 0 atom stereocenters. The summed E-state index contributed by atoms with van der Waals surface area (Å²) >= 11 is 0. The van der Waals surface area contributed by atoms with Crippen molar-refractivity contribution < 1.29 is 4.79 Å². The highest BCUT2D eigenvalue weighted by atomic mass is 16.2. The van der Waals surface area contributed by atoms with Crippen molar-refractivity contribution in [3.05, 3.63) is 25.0 Å². The number of aromatic amines is 1. The summed E-state index contributed by atoms with van der Waals surface area (Å²) in [6.45, 7) is 6.28. The lowest BCUT2D eigenvalue weighted by Gasteiger charge is -2.19. The molecule has 0 spiro atoms. The molecule has 3 aromatic heterocycles. The van der Waals surface area contributed by atoms with Gasteiger partial charge in [0.25, 0.3) is 0 Å². The number of hydrogen-bond acceptors (Lipinski definition) is 6. The van der Waals surface area contributed by atoms with Crippen LogP contribution in [-0.4, -0.2) is 49.2 Å². The molecule has 24 heavy (non-hydrogen) atoms. The molecule has 3 rings (SSSR count). The molecular weight excluding hydrogens is 308 g/mol. The SMILES string of the molecule is CN(CC(=O)Nc1cnn(C(C)(C)C)c1)c1ncnc2nc[nH]c12. The summed E-state index contributed by atoms with van der Waals surface area (Å²) in [5, 5.41) is 7.11. The van der Waals surface area contributed by atoms with Crippen LogP contribution in [0.1, 0.15) is 20.8 Å². The number of anilines is 2. The summed E-state index contributed by atoms with van der Waals surface area (Å²) < 4.78 is 1.81.